The lowest BCUT2D eigenvalue weighted by atomic mass is 10.0. The molecule has 2 rings (SSSR count). The van der Waals surface area contributed by atoms with E-state index in [1.807, 2.05) is 0 Å². The lowest BCUT2D eigenvalue weighted by Gasteiger charge is -2.08. The summed E-state index contributed by atoms with van der Waals surface area (Å²) >= 11 is 0. The smallest absolute Gasteiger partial charge is 0.128 e. The van der Waals surface area contributed by atoms with Gasteiger partial charge in [-0.2, -0.15) is 0 Å². The number of hydrogen-bond acceptors (Lipinski definition) is 2. The molecule has 1 atom stereocenters. The van der Waals surface area contributed by atoms with E-state index in [-0.39, 0.29) is 0 Å². The maximum Gasteiger partial charge on any atom is 0.128 e. The molecule has 1 unspecified atom stereocenters. The molecule has 1 aromatic rings. The van der Waals surface area contributed by atoms with Crippen LogP contribution in [0.3, 0.4) is 0 Å². The van der Waals surface area contributed by atoms with Gasteiger partial charge in [-0.25, -0.2) is 0 Å². The van der Waals surface area contributed by atoms with E-state index in [2.05, 4.69) is 55.3 Å². The number of hydrogen-bond donors (Lipinski definition) is 1. The van der Waals surface area contributed by atoms with Gasteiger partial charge in [0.1, 0.15) is 5.84 Å². The average Bonchev–Trinajstić information content (AvgIpc) is 2.65. The third-order valence-corrected chi connectivity index (χ3v) is 2.76. The molecule has 1 N–H and O–H groups in total. The number of nitrogens with one attached hydrogen (secondary N) is 1. The Kier molecular flexibility index (Phi) is 2.76. The lowest BCUT2D eigenvalue weighted by molar-refractivity contribution is 0.726. The first kappa shape index (κ1) is 10.2. The molecular formula is C13H18N2. The van der Waals surface area contributed by atoms with E-state index in [0.29, 0.717) is 12.0 Å². The van der Waals surface area contributed by atoms with Crippen molar-refractivity contribution in [3.8, 4) is 0 Å². The van der Waals surface area contributed by atoms with Gasteiger partial charge in [-0.05, 0) is 18.4 Å². The first-order valence-corrected chi connectivity index (χ1v) is 5.58. The Morgan fingerprint density at radius 2 is 1.93 bits per heavy atom. The van der Waals surface area contributed by atoms with Crippen molar-refractivity contribution in [3.05, 3.63) is 35.4 Å². The maximum absolute atomic E-state index is 4.47. The summed E-state index contributed by atoms with van der Waals surface area (Å²) in [7, 11) is 0. The number of rotatable bonds is 2. The second-order valence-electron chi connectivity index (χ2n) is 4.51. The molecule has 2 nitrogen and oxygen atoms in total. The first-order valence-electron chi connectivity index (χ1n) is 5.58. The van der Waals surface area contributed by atoms with E-state index in [4.69, 9.17) is 0 Å². The molecule has 0 saturated carbocycles. The van der Waals surface area contributed by atoms with Gasteiger partial charge in [0.25, 0.3) is 0 Å². The minimum absolute atomic E-state index is 0.477. The Hall–Kier alpha value is -1.31. The number of amidine groups is 1. The van der Waals surface area contributed by atoms with Gasteiger partial charge in [-0.1, -0.05) is 38.1 Å². The van der Waals surface area contributed by atoms with Gasteiger partial charge in [0.15, 0.2) is 0 Å². The number of aliphatic imine (C=N–C) groups is 1. The van der Waals surface area contributed by atoms with Crippen LogP contribution in [0.25, 0.3) is 0 Å². The van der Waals surface area contributed by atoms with Crippen LogP contribution in [-0.2, 0) is 0 Å². The quantitative estimate of drug-likeness (QED) is 0.783. The SMILES string of the molecule is CC1CN=C(c2ccc(C(C)C)cc2)N1. The fourth-order valence-electron chi connectivity index (χ4n) is 1.75. The van der Waals surface area contributed by atoms with Crippen LogP contribution in [0.1, 0.15) is 37.8 Å². The summed E-state index contributed by atoms with van der Waals surface area (Å²) in [6.07, 6.45) is 0. The fourth-order valence-corrected chi connectivity index (χ4v) is 1.75. The summed E-state index contributed by atoms with van der Waals surface area (Å²) in [6, 6.07) is 9.16. The number of nitrogens with zero attached hydrogens (tertiary/aromatic N) is 1. The van der Waals surface area contributed by atoms with Gasteiger partial charge in [-0.3, -0.25) is 4.99 Å². The van der Waals surface area contributed by atoms with Crippen molar-refractivity contribution < 1.29 is 0 Å². The van der Waals surface area contributed by atoms with E-state index in [1.54, 1.807) is 0 Å². The Labute approximate surface area is 91.4 Å². The maximum atomic E-state index is 4.47. The molecule has 1 aliphatic heterocycles. The van der Waals surface area contributed by atoms with Crippen LogP contribution in [0.15, 0.2) is 29.3 Å². The second-order valence-corrected chi connectivity index (χ2v) is 4.51. The molecule has 0 aromatic heterocycles. The van der Waals surface area contributed by atoms with Crippen LogP contribution >= 0.6 is 0 Å². The molecule has 80 valence electrons. The van der Waals surface area contributed by atoms with Crippen molar-refractivity contribution >= 4 is 5.84 Å². The molecule has 0 bridgehead atoms. The molecule has 1 aliphatic rings. The normalized spacial score (nSPS) is 20.3. The highest BCUT2D eigenvalue weighted by Gasteiger charge is 2.13. The summed E-state index contributed by atoms with van der Waals surface area (Å²) in [5.41, 5.74) is 2.58. The van der Waals surface area contributed by atoms with Crippen molar-refractivity contribution in [2.24, 2.45) is 4.99 Å². The fraction of sp³-hybridized carbons (Fsp3) is 0.462. The van der Waals surface area contributed by atoms with Crippen LogP contribution in [-0.4, -0.2) is 18.4 Å². The molecule has 2 heteroatoms. The standard InChI is InChI=1S/C13H18N2/c1-9(2)11-4-6-12(7-5-11)13-14-8-10(3)15-13/h4-7,9-10H,8H2,1-3H3,(H,14,15). The van der Waals surface area contributed by atoms with E-state index in [9.17, 15) is 0 Å². The summed E-state index contributed by atoms with van der Waals surface area (Å²) in [6.45, 7) is 7.46. The van der Waals surface area contributed by atoms with Gasteiger partial charge in [-0.15, -0.1) is 0 Å². The van der Waals surface area contributed by atoms with Gasteiger partial charge in [0.2, 0.25) is 0 Å². The second kappa shape index (κ2) is 4.05. The van der Waals surface area contributed by atoms with E-state index < -0.39 is 0 Å². The van der Waals surface area contributed by atoms with Crippen LogP contribution < -0.4 is 5.32 Å². The molecular weight excluding hydrogens is 184 g/mol. The van der Waals surface area contributed by atoms with Gasteiger partial charge < -0.3 is 5.32 Å². The van der Waals surface area contributed by atoms with Crippen LogP contribution in [0.5, 0.6) is 0 Å². The molecule has 1 aromatic carbocycles. The molecule has 15 heavy (non-hydrogen) atoms. The molecule has 0 fully saturated rings. The minimum Gasteiger partial charge on any atom is -0.366 e. The van der Waals surface area contributed by atoms with Gasteiger partial charge in [0.05, 0.1) is 6.54 Å². The highest BCUT2D eigenvalue weighted by molar-refractivity contribution is 6.00. The van der Waals surface area contributed by atoms with Crippen LogP contribution in [0.2, 0.25) is 0 Å². The third-order valence-electron chi connectivity index (χ3n) is 2.76. The molecule has 0 radical (unpaired) electrons. The van der Waals surface area contributed by atoms with E-state index in [0.717, 1.165) is 12.4 Å². The zero-order valence-electron chi connectivity index (χ0n) is 9.62. The topological polar surface area (TPSA) is 24.4 Å². The summed E-state index contributed by atoms with van der Waals surface area (Å²) < 4.78 is 0. The molecule has 1 heterocycles. The van der Waals surface area contributed by atoms with Gasteiger partial charge >= 0.3 is 0 Å². The highest BCUT2D eigenvalue weighted by Crippen LogP contribution is 2.15. The van der Waals surface area contributed by atoms with Crippen molar-refractivity contribution in [2.75, 3.05) is 6.54 Å². The van der Waals surface area contributed by atoms with E-state index >= 15 is 0 Å². The lowest BCUT2D eigenvalue weighted by Crippen LogP contribution is -2.27. The van der Waals surface area contributed by atoms with Crippen LogP contribution in [0.4, 0.5) is 0 Å². The van der Waals surface area contributed by atoms with E-state index in [1.165, 1.54) is 11.1 Å². The molecule has 0 saturated heterocycles. The Morgan fingerprint density at radius 1 is 1.27 bits per heavy atom. The zero-order valence-corrected chi connectivity index (χ0v) is 9.62. The summed E-state index contributed by atoms with van der Waals surface area (Å²) in [5.74, 6) is 1.63. The van der Waals surface area contributed by atoms with Crippen molar-refractivity contribution in [1.29, 1.82) is 0 Å². The first-order chi connectivity index (χ1) is 7.16. The molecule has 0 spiro atoms. The Balaban J connectivity index is 2.17. The van der Waals surface area contributed by atoms with Crippen LogP contribution in [0, 0.1) is 0 Å². The zero-order chi connectivity index (χ0) is 10.8. The summed E-state index contributed by atoms with van der Waals surface area (Å²) in [5, 5.41) is 3.37. The van der Waals surface area contributed by atoms with Crippen molar-refractivity contribution in [2.45, 2.75) is 32.7 Å². The predicted molar refractivity (Wildman–Crippen MR) is 64.5 cm³/mol. The highest BCUT2D eigenvalue weighted by atomic mass is 15.1. The van der Waals surface area contributed by atoms with Crippen molar-refractivity contribution in [3.63, 3.8) is 0 Å². The third kappa shape index (κ3) is 2.20. The number of benzene rings is 1. The monoisotopic (exact) mass is 202 g/mol. The molecule has 0 amide bonds. The minimum atomic E-state index is 0.477. The largest absolute Gasteiger partial charge is 0.366 e. The Bertz CT molecular complexity index is 363. The summed E-state index contributed by atoms with van der Waals surface area (Å²) in [4.78, 5) is 4.47. The average molecular weight is 202 g/mol. The Morgan fingerprint density at radius 3 is 2.40 bits per heavy atom. The predicted octanol–water partition coefficient (Wildman–Crippen LogP) is 2.55. The van der Waals surface area contributed by atoms with Gasteiger partial charge in [0, 0.05) is 11.6 Å². The molecule has 0 aliphatic carbocycles. The van der Waals surface area contributed by atoms with Crippen molar-refractivity contribution in [1.82, 2.24) is 5.32 Å².